The van der Waals surface area contributed by atoms with Gasteiger partial charge in [-0.15, -0.1) is 69.1 Å². The molecule has 0 saturated carbocycles. The third kappa shape index (κ3) is 8.60. The van der Waals surface area contributed by atoms with Gasteiger partial charge in [0, 0.05) is 25.8 Å². The summed E-state index contributed by atoms with van der Waals surface area (Å²) < 4.78 is 0. The normalized spacial score (nSPS) is 10.9. The minimum absolute atomic E-state index is 0. The molecule has 0 aromatic heterocycles. The summed E-state index contributed by atoms with van der Waals surface area (Å²) in [6, 6.07) is 62.4. The van der Waals surface area contributed by atoms with Crippen LogP contribution in [0.4, 0.5) is 0 Å². The van der Waals surface area contributed by atoms with Crippen molar-refractivity contribution in [2.75, 3.05) is 0 Å². The van der Waals surface area contributed by atoms with Gasteiger partial charge in [0.15, 0.2) is 0 Å². The molecule has 0 amide bonds. The van der Waals surface area contributed by atoms with Crippen LogP contribution >= 0.6 is 0 Å². The molecular formula is C55H48Cl2Hf-6. The van der Waals surface area contributed by atoms with Gasteiger partial charge in [0.1, 0.15) is 0 Å². The molecule has 0 aliphatic rings. The summed E-state index contributed by atoms with van der Waals surface area (Å²) in [6.45, 7) is 15.8. The van der Waals surface area contributed by atoms with Crippen molar-refractivity contribution >= 4 is 64.6 Å². The molecule has 0 unspecified atom stereocenters. The first-order chi connectivity index (χ1) is 26.9. The van der Waals surface area contributed by atoms with Crippen molar-refractivity contribution in [2.45, 2.75) is 46.0 Å². The molecule has 10 rings (SSSR count). The molecule has 58 heavy (non-hydrogen) atoms. The molecule has 0 saturated heterocycles. The van der Waals surface area contributed by atoms with Gasteiger partial charge in [-0.3, -0.25) is 0 Å². The van der Waals surface area contributed by atoms with Crippen molar-refractivity contribution in [1.29, 1.82) is 0 Å². The number of halogens is 2. The number of rotatable bonds is 4. The van der Waals surface area contributed by atoms with Gasteiger partial charge in [-0.2, -0.15) is 12.1 Å². The number of hydrogen-bond donors (Lipinski definition) is 0. The first kappa shape index (κ1) is 44.6. The molecule has 0 atom stereocenters. The Balaban J connectivity index is 0.000000198. The van der Waals surface area contributed by atoms with E-state index in [1.54, 1.807) is 0 Å². The zero-order chi connectivity index (χ0) is 38.1. The van der Waals surface area contributed by atoms with Gasteiger partial charge >= 0.3 is 0 Å². The van der Waals surface area contributed by atoms with Crippen molar-refractivity contribution < 1.29 is 50.7 Å². The van der Waals surface area contributed by atoms with Crippen LogP contribution in [0.2, 0.25) is 0 Å². The zero-order valence-electron chi connectivity index (χ0n) is 33.7. The Morgan fingerprint density at radius 1 is 0.397 bits per heavy atom. The second-order valence-electron chi connectivity index (χ2n) is 15.2. The van der Waals surface area contributed by atoms with E-state index in [1.165, 1.54) is 98.0 Å². The third-order valence-electron chi connectivity index (χ3n) is 11.0. The van der Waals surface area contributed by atoms with Crippen molar-refractivity contribution in [3.05, 3.63) is 195 Å². The molecule has 0 fully saturated rings. The van der Waals surface area contributed by atoms with E-state index >= 15 is 0 Å². The average Bonchev–Trinajstić information content (AvgIpc) is 3.86. The van der Waals surface area contributed by atoms with Gasteiger partial charge in [-0.25, -0.2) is 0 Å². The number of hydrogen-bond acceptors (Lipinski definition) is 0. The van der Waals surface area contributed by atoms with E-state index in [1.807, 2.05) is 0 Å². The molecule has 292 valence electrons. The Hall–Kier alpha value is -4.53. The van der Waals surface area contributed by atoms with Crippen LogP contribution in [0.5, 0.6) is 0 Å². The van der Waals surface area contributed by atoms with Crippen LogP contribution < -0.4 is 24.8 Å². The van der Waals surface area contributed by atoms with Gasteiger partial charge in [0.05, 0.1) is 0 Å². The summed E-state index contributed by atoms with van der Waals surface area (Å²) in [7, 11) is 0. The summed E-state index contributed by atoms with van der Waals surface area (Å²) in [4.78, 5) is 0. The fraction of sp³-hybridized carbons (Fsp3) is 0.127. The van der Waals surface area contributed by atoms with E-state index in [0.29, 0.717) is 11.8 Å². The largest absolute Gasteiger partial charge is 1.00 e. The summed E-state index contributed by atoms with van der Waals surface area (Å²) in [5.74, 6) is 1.08. The van der Waals surface area contributed by atoms with Crippen LogP contribution in [0.3, 0.4) is 0 Å². The molecule has 0 N–H and O–H groups in total. The molecule has 10 aromatic carbocycles. The fourth-order valence-electron chi connectivity index (χ4n) is 8.23. The molecule has 0 heterocycles. The summed E-state index contributed by atoms with van der Waals surface area (Å²) in [5, 5.41) is 15.9. The second-order valence-corrected chi connectivity index (χ2v) is 15.2. The predicted octanol–water partition coefficient (Wildman–Crippen LogP) is 10.4. The van der Waals surface area contributed by atoms with Crippen LogP contribution in [-0.4, -0.2) is 0 Å². The van der Waals surface area contributed by atoms with Gasteiger partial charge in [0.25, 0.3) is 0 Å². The molecule has 0 bridgehead atoms. The Kier molecular flexibility index (Phi) is 15.0. The molecule has 3 heteroatoms. The molecule has 0 nitrogen and oxygen atoms in total. The van der Waals surface area contributed by atoms with E-state index in [2.05, 4.69) is 211 Å². The topological polar surface area (TPSA) is 0 Å². The standard InChI is InChI=1S/2C26H21.C3H6.2ClH.Hf/c2*1-17(2)21-15-20-10-7-13-24(25(20)16-21)26-22-11-5-3-8-18(22)14-19-9-4-6-12-23(19)26;1-3-2;;;/h2*3-17H,1-2H3;1-3H2;2*1H;/q2*-1;-2;;;/p-2. The second kappa shape index (κ2) is 19.5. The van der Waals surface area contributed by atoms with E-state index in [-0.39, 0.29) is 50.7 Å². The predicted molar refractivity (Wildman–Crippen MR) is 243 cm³/mol. The molecular weight excluding hydrogens is 910 g/mol. The van der Waals surface area contributed by atoms with E-state index in [0.717, 1.165) is 6.42 Å². The maximum Gasteiger partial charge on any atom is 0 e. The van der Waals surface area contributed by atoms with Crippen molar-refractivity contribution in [1.82, 2.24) is 0 Å². The maximum atomic E-state index is 3.38. The smallest absolute Gasteiger partial charge is 0 e. The SMILES string of the molecule is CC(C)c1cc2c(-c3c4ccccc4cc4ccccc34)cccc2[cH-]1.CC(C)c1cc2c(-c3c4ccccc4cc4ccccc34)cccc2[cH-]1.[CH2-]C[CH2-].[Cl-].[Cl-].[Hf]. The Morgan fingerprint density at radius 3 is 0.983 bits per heavy atom. The average molecular weight is 958 g/mol. The molecule has 0 spiro atoms. The van der Waals surface area contributed by atoms with E-state index in [9.17, 15) is 0 Å². The van der Waals surface area contributed by atoms with Crippen LogP contribution in [-0.2, 0) is 25.8 Å². The number of benzene rings is 8. The number of fused-ring (bicyclic) bond motifs is 6. The van der Waals surface area contributed by atoms with Crippen LogP contribution in [0, 0.1) is 13.8 Å². The quantitative estimate of drug-likeness (QED) is 0.0937. The fourth-order valence-corrected chi connectivity index (χ4v) is 8.23. The van der Waals surface area contributed by atoms with E-state index < -0.39 is 0 Å². The summed E-state index contributed by atoms with van der Waals surface area (Å²) in [5.41, 5.74) is 8.20. The first-order valence-corrected chi connectivity index (χ1v) is 19.6. The maximum absolute atomic E-state index is 3.38. The summed E-state index contributed by atoms with van der Waals surface area (Å²) >= 11 is 0. The molecule has 0 radical (unpaired) electrons. The van der Waals surface area contributed by atoms with Crippen LogP contribution in [0.25, 0.3) is 86.9 Å². The van der Waals surface area contributed by atoms with Crippen molar-refractivity contribution in [3.63, 3.8) is 0 Å². The Morgan fingerprint density at radius 2 is 0.690 bits per heavy atom. The third-order valence-corrected chi connectivity index (χ3v) is 11.0. The molecule has 0 aliphatic carbocycles. The van der Waals surface area contributed by atoms with Gasteiger partial charge < -0.3 is 45.1 Å². The monoisotopic (exact) mass is 958 g/mol. The minimum Gasteiger partial charge on any atom is -1.00 e. The van der Waals surface area contributed by atoms with Gasteiger partial charge in [-0.1, -0.05) is 148 Å². The first-order valence-electron chi connectivity index (χ1n) is 19.6. The Labute approximate surface area is 375 Å². The van der Waals surface area contributed by atoms with Crippen molar-refractivity contribution in [2.24, 2.45) is 0 Å². The van der Waals surface area contributed by atoms with Crippen LogP contribution in [0.15, 0.2) is 170 Å². The van der Waals surface area contributed by atoms with E-state index in [4.69, 9.17) is 0 Å². The molecule has 0 aliphatic heterocycles. The van der Waals surface area contributed by atoms with Gasteiger partial charge in [-0.05, 0) is 78.2 Å². The Bertz CT molecular complexity index is 2630. The molecule has 10 aromatic rings. The minimum atomic E-state index is 0. The zero-order valence-corrected chi connectivity index (χ0v) is 38.8. The van der Waals surface area contributed by atoms with Crippen molar-refractivity contribution in [3.8, 4) is 22.3 Å². The summed E-state index contributed by atoms with van der Waals surface area (Å²) in [6.07, 6.45) is 0.750. The van der Waals surface area contributed by atoms with Gasteiger partial charge in [0.2, 0.25) is 0 Å². The van der Waals surface area contributed by atoms with Crippen LogP contribution in [0.1, 0.15) is 57.1 Å².